The third kappa shape index (κ3) is 3.36. The molecule has 1 N–H and O–H groups in total. The highest BCUT2D eigenvalue weighted by molar-refractivity contribution is 7.15. The van der Waals surface area contributed by atoms with Crippen molar-refractivity contribution in [2.75, 3.05) is 6.54 Å². The smallest absolute Gasteiger partial charge is 0.232 e. The molecule has 4 aromatic rings. The molecule has 26 heavy (non-hydrogen) atoms. The monoisotopic (exact) mass is 362 g/mol. The summed E-state index contributed by atoms with van der Waals surface area (Å²) in [6, 6.07) is 19.8. The molecule has 0 spiro atoms. The van der Waals surface area contributed by atoms with E-state index in [1.165, 1.54) is 0 Å². The first kappa shape index (κ1) is 16.5. The van der Waals surface area contributed by atoms with Crippen molar-refractivity contribution >= 4 is 22.2 Å². The summed E-state index contributed by atoms with van der Waals surface area (Å²) in [6.45, 7) is 0.556. The molecular weight excluding hydrogens is 344 g/mol. The summed E-state index contributed by atoms with van der Waals surface area (Å²) >= 11 is 1.56. The van der Waals surface area contributed by atoms with Crippen molar-refractivity contribution in [3.05, 3.63) is 89.2 Å². The fraction of sp³-hybridized carbons (Fsp3) is 0.150. The molecule has 0 atom stereocenters. The van der Waals surface area contributed by atoms with Crippen molar-refractivity contribution < 1.29 is 4.79 Å². The van der Waals surface area contributed by atoms with Gasteiger partial charge >= 0.3 is 0 Å². The van der Waals surface area contributed by atoms with Gasteiger partial charge in [0.25, 0.3) is 0 Å². The number of rotatable bonds is 6. The standard InChI is InChI=1S/C20H18N4OS/c25-19(21-12-11-17-13-26-20-22-14-23-24(17)20)18(15-7-3-1-4-8-15)16-9-5-2-6-10-16/h1-10,13-14,18H,11-12H2,(H,21,25). The molecule has 0 saturated heterocycles. The normalized spacial score (nSPS) is 11.1. The number of fused-ring (bicyclic) bond motifs is 1. The minimum atomic E-state index is -0.314. The summed E-state index contributed by atoms with van der Waals surface area (Å²) in [7, 11) is 0. The summed E-state index contributed by atoms with van der Waals surface area (Å²) in [5.41, 5.74) is 3.04. The lowest BCUT2D eigenvalue weighted by Gasteiger charge is -2.17. The van der Waals surface area contributed by atoms with Gasteiger partial charge in [-0.05, 0) is 11.1 Å². The Morgan fingerprint density at radius 2 is 1.69 bits per heavy atom. The molecule has 4 rings (SSSR count). The second kappa shape index (κ2) is 7.49. The Morgan fingerprint density at radius 1 is 1.04 bits per heavy atom. The van der Waals surface area contributed by atoms with Gasteiger partial charge in [-0.3, -0.25) is 4.79 Å². The van der Waals surface area contributed by atoms with Crippen LogP contribution in [-0.4, -0.2) is 27.0 Å². The van der Waals surface area contributed by atoms with E-state index in [2.05, 4.69) is 15.4 Å². The van der Waals surface area contributed by atoms with Crippen molar-refractivity contribution in [1.82, 2.24) is 19.9 Å². The van der Waals surface area contributed by atoms with Crippen LogP contribution >= 0.6 is 11.3 Å². The van der Waals surface area contributed by atoms with E-state index in [0.717, 1.165) is 21.8 Å². The number of benzene rings is 2. The fourth-order valence-electron chi connectivity index (χ4n) is 3.05. The van der Waals surface area contributed by atoms with E-state index >= 15 is 0 Å². The number of nitrogens with one attached hydrogen (secondary N) is 1. The average Bonchev–Trinajstić information content (AvgIpc) is 3.29. The van der Waals surface area contributed by atoms with Gasteiger partial charge in [0.15, 0.2) is 0 Å². The van der Waals surface area contributed by atoms with Crippen molar-refractivity contribution in [3.8, 4) is 0 Å². The highest BCUT2D eigenvalue weighted by atomic mass is 32.1. The van der Waals surface area contributed by atoms with Crippen molar-refractivity contribution in [1.29, 1.82) is 0 Å². The van der Waals surface area contributed by atoms with Crippen LogP contribution in [0.2, 0.25) is 0 Å². The molecule has 6 heteroatoms. The Hall–Kier alpha value is -2.99. The Kier molecular flexibility index (Phi) is 4.75. The summed E-state index contributed by atoms with van der Waals surface area (Å²) in [6.07, 6.45) is 2.26. The van der Waals surface area contributed by atoms with Gasteiger partial charge < -0.3 is 5.32 Å². The van der Waals surface area contributed by atoms with Crippen molar-refractivity contribution in [2.45, 2.75) is 12.3 Å². The summed E-state index contributed by atoms with van der Waals surface area (Å²) in [5, 5.41) is 9.32. The first-order valence-electron chi connectivity index (χ1n) is 8.46. The van der Waals surface area contributed by atoms with E-state index in [0.29, 0.717) is 13.0 Å². The molecule has 2 aromatic heterocycles. The van der Waals surface area contributed by atoms with Gasteiger partial charge in [-0.25, -0.2) is 9.50 Å². The van der Waals surface area contributed by atoms with Crippen LogP contribution in [0.1, 0.15) is 22.7 Å². The molecule has 130 valence electrons. The van der Waals surface area contributed by atoms with Gasteiger partial charge in [-0.1, -0.05) is 60.7 Å². The highest BCUT2D eigenvalue weighted by Crippen LogP contribution is 2.24. The topological polar surface area (TPSA) is 59.3 Å². The van der Waals surface area contributed by atoms with E-state index in [1.54, 1.807) is 17.7 Å². The zero-order valence-corrected chi connectivity index (χ0v) is 14.9. The van der Waals surface area contributed by atoms with E-state index in [9.17, 15) is 4.79 Å². The van der Waals surface area contributed by atoms with Crippen LogP contribution in [0.25, 0.3) is 4.96 Å². The van der Waals surface area contributed by atoms with Crippen molar-refractivity contribution in [2.24, 2.45) is 0 Å². The van der Waals surface area contributed by atoms with Gasteiger partial charge in [0.1, 0.15) is 6.33 Å². The van der Waals surface area contributed by atoms with Crippen molar-refractivity contribution in [3.63, 3.8) is 0 Å². The minimum Gasteiger partial charge on any atom is -0.355 e. The molecule has 0 radical (unpaired) electrons. The first-order chi connectivity index (χ1) is 12.8. The molecule has 2 aromatic carbocycles. The third-order valence-corrected chi connectivity index (χ3v) is 5.18. The molecule has 0 bridgehead atoms. The molecule has 0 aliphatic carbocycles. The van der Waals surface area contributed by atoms with Crippen LogP contribution in [0, 0.1) is 0 Å². The average molecular weight is 362 g/mol. The van der Waals surface area contributed by atoms with E-state index in [4.69, 9.17) is 0 Å². The van der Waals surface area contributed by atoms with Crippen LogP contribution < -0.4 is 5.32 Å². The molecule has 0 aliphatic rings. The number of carbonyl (C=O) groups excluding carboxylic acids is 1. The van der Waals surface area contributed by atoms with E-state index in [1.807, 2.05) is 70.6 Å². The van der Waals surface area contributed by atoms with Gasteiger partial charge in [-0.2, -0.15) is 5.10 Å². The molecule has 0 fully saturated rings. The number of aromatic nitrogens is 3. The number of amides is 1. The zero-order valence-electron chi connectivity index (χ0n) is 14.1. The van der Waals surface area contributed by atoms with Gasteiger partial charge in [0, 0.05) is 18.3 Å². The maximum Gasteiger partial charge on any atom is 0.232 e. The second-order valence-corrected chi connectivity index (χ2v) is 6.81. The Bertz CT molecular complexity index is 955. The largest absolute Gasteiger partial charge is 0.355 e. The summed E-state index contributed by atoms with van der Waals surface area (Å²) in [5.74, 6) is -0.307. The predicted molar refractivity (Wildman–Crippen MR) is 102 cm³/mol. The van der Waals surface area contributed by atoms with Crippen LogP contribution in [0.4, 0.5) is 0 Å². The minimum absolute atomic E-state index is 0.00691. The number of hydrogen-bond acceptors (Lipinski definition) is 4. The molecule has 5 nitrogen and oxygen atoms in total. The van der Waals surface area contributed by atoms with E-state index < -0.39 is 0 Å². The Morgan fingerprint density at radius 3 is 2.35 bits per heavy atom. The second-order valence-electron chi connectivity index (χ2n) is 5.98. The lowest BCUT2D eigenvalue weighted by atomic mass is 9.90. The van der Waals surface area contributed by atoms with Crippen LogP contribution in [0.5, 0.6) is 0 Å². The van der Waals surface area contributed by atoms with Gasteiger partial charge in [0.2, 0.25) is 10.9 Å². The number of thiazole rings is 1. The van der Waals surface area contributed by atoms with Crippen LogP contribution in [-0.2, 0) is 11.2 Å². The predicted octanol–water partition coefficient (Wildman–Crippen LogP) is 3.28. The molecule has 0 unspecified atom stereocenters. The number of hydrogen-bond donors (Lipinski definition) is 1. The quantitative estimate of drug-likeness (QED) is 0.573. The molecule has 0 saturated carbocycles. The zero-order chi connectivity index (χ0) is 17.8. The van der Waals surface area contributed by atoms with Crippen LogP contribution in [0.15, 0.2) is 72.4 Å². The van der Waals surface area contributed by atoms with Gasteiger partial charge in [0.05, 0.1) is 11.6 Å². The highest BCUT2D eigenvalue weighted by Gasteiger charge is 2.22. The lowest BCUT2D eigenvalue weighted by molar-refractivity contribution is -0.121. The van der Waals surface area contributed by atoms with E-state index in [-0.39, 0.29) is 11.8 Å². The maximum absolute atomic E-state index is 12.9. The molecule has 1 amide bonds. The van der Waals surface area contributed by atoms with Crippen LogP contribution in [0.3, 0.4) is 0 Å². The summed E-state index contributed by atoms with van der Waals surface area (Å²) in [4.78, 5) is 18.0. The molecule has 2 heterocycles. The Balaban J connectivity index is 1.49. The lowest BCUT2D eigenvalue weighted by Crippen LogP contribution is -2.31. The van der Waals surface area contributed by atoms with Gasteiger partial charge in [-0.15, -0.1) is 11.3 Å². The number of carbonyl (C=O) groups is 1. The number of nitrogens with zero attached hydrogens (tertiary/aromatic N) is 3. The molecular formula is C20H18N4OS. The SMILES string of the molecule is O=C(NCCc1csc2ncnn12)C(c1ccccc1)c1ccccc1. The Labute approximate surface area is 155 Å². The third-order valence-electron chi connectivity index (χ3n) is 4.30. The summed E-state index contributed by atoms with van der Waals surface area (Å²) < 4.78 is 1.82. The molecule has 0 aliphatic heterocycles. The first-order valence-corrected chi connectivity index (χ1v) is 9.34. The maximum atomic E-state index is 12.9. The fourth-order valence-corrected chi connectivity index (χ4v) is 3.88.